The molecule has 162 valence electrons. The van der Waals surface area contributed by atoms with Crippen LogP contribution in [0.3, 0.4) is 0 Å². The number of aromatic nitrogens is 2. The average molecular weight is 430 g/mol. The fourth-order valence-corrected chi connectivity index (χ4v) is 3.53. The van der Waals surface area contributed by atoms with Gasteiger partial charge in [0.05, 0.1) is 32.2 Å². The predicted octanol–water partition coefficient (Wildman–Crippen LogP) is 4.29. The maximum atomic E-state index is 13.6. The summed E-state index contributed by atoms with van der Waals surface area (Å²) in [6.45, 7) is 0. The highest BCUT2D eigenvalue weighted by Gasteiger charge is 2.19. The monoisotopic (exact) mass is 430 g/mol. The van der Waals surface area contributed by atoms with Gasteiger partial charge in [-0.2, -0.15) is 0 Å². The first-order chi connectivity index (χ1) is 15.6. The molecule has 1 aromatic heterocycles. The maximum Gasteiger partial charge on any atom is 0.266 e. The highest BCUT2D eigenvalue weighted by molar-refractivity contribution is 5.81. The SMILES string of the molecule is COc1cccc(/C=C/c2nc3ccccc3c(=O)n2-c2c(OC)cccc2OC)c1O. The molecule has 0 radical (unpaired) electrons. The minimum Gasteiger partial charge on any atom is -0.504 e. The predicted molar refractivity (Wildman–Crippen MR) is 124 cm³/mol. The van der Waals surface area contributed by atoms with E-state index in [0.717, 1.165) is 0 Å². The number of benzene rings is 3. The molecule has 0 aliphatic rings. The van der Waals surface area contributed by atoms with E-state index < -0.39 is 0 Å². The number of rotatable bonds is 6. The molecular formula is C25H22N2O5. The molecule has 32 heavy (non-hydrogen) atoms. The molecule has 7 nitrogen and oxygen atoms in total. The number of ether oxygens (including phenoxy) is 3. The number of hydrogen-bond donors (Lipinski definition) is 1. The second-order valence-corrected chi connectivity index (χ2v) is 6.87. The summed E-state index contributed by atoms with van der Waals surface area (Å²) in [5, 5.41) is 10.9. The van der Waals surface area contributed by atoms with Crippen LogP contribution in [-0.2, 0) is 0 Å². The van der Waals surface area contributed by atoms with Crippen LogP contribution in [0.5, 0.6) is 23.0 Å². The van der Waals surface area contributed by atoms with Crippen LogP contribution in [0.4, 0.5) is 0 Å². The van der Waals surface area contributed by atoms with Gasteiger partial charge in [-0.15, -0.1) is 0 Å². The lowest BCUT2D eigenvalue weighted by atomic mass is 10.1. The van der Waals surface area contributed by atoms with E-state index in [1.165, 1.54) is 25.9 Å². The van der Waals surface area contributed by atoms with Crippen LogP contribution < -0.4 is 19.8 Å². The molecule has 0 unspecified atom stereocenters. The van der Waals surface area contributed by atoms with E-state index in [0.29, 0.717) is 45.2 Å². The van der Waals surface area contributed by atoms with Crippen molar-refractivity contribution in [2.24, 2.45) is 0 Å². The first-order valence-corrected chi connectivity index (χ1v) is 9.86. The Morgan fingerprint density at radius 3 is 2.12 bits per heavy atom. The summed E-state index contributed by atoms with van der Waals surface area (Å²) in [6.07, 6.45) is 3.33. The number of nitrogens with zero attached hydrogens (tertiary/aromatic N) is 2. The van der Waals surface area contributed by atoms with E-state index in [1.54, 1.807) is 66.7 Å². The van der Waals surface area contributed by atoms with Gasteiger partial charge in [0.1, 0.15) is 23.0 Å². The largest absolute Gasteiger partial charge is 0.504 e. The van der Waals surface area contributed by atoms with Crippen molar-refractivity contribution in [1.29, 1.82) is 0 Å². The van der Waals surface area contributed by atoms with Crippen molar-refractivity contribution in [3.63, 3.8) is 0 Å². The molecule has 0 saturated heterocycles. The molecule has 4 aromatic rings. The van der Waals surface area contributed by atoms with Crippen LogP contribution in [0.2, 0.25) is 0 Å². The fourth-order valence-electron chi connectivity index (χ4n) is 3.53. The third-order valence-corrected chi connectivity index (χ3v) is 5.09. The third-order valence-electron chi connectivity index (χ3n) is 5.09. The molecule has 0 atom stereocenters. The van der Waals surface area contributed by atoms with Crippen molar-refractivity contribution in [3.8, 4) is 28.7 Å². The Morgan fingerprint density at radius 1 is 0.812 bits per heavy atom. The van der Waals surface area contributed by atoms with E-state index >= 15 is 0 Å². The van der Waals surface area contributed by atoms with Gasteiger partial charge in [0.25, 0.3) is 5.56 Å². The topological polar surface area (TPSA) is 82.8 Å². The van der Waals surface area contributed by atoms with Crippen LogP contribution >= 0.6 is 0 Å². The van der Waals surface area contributed by atoms with Gasteiger partial charge < -0.3 is 19.3 Å². The van der Waals surface area contributed by atoms with Crippen molar-refractivity contribution < 1.29 is 19.3 Å². The van der Waals surface area contributed by atoms with E-state index in [4.69, 9.17) is 19.2 Å². The zero-order valence-electron chi connectivity index (χ0n) is 17.9. The summed E-state index contributed by atoms with van der Waals surface area (Å²) in [6, 6.07) is 17.6. The minimum absolute atomic E-state index is 0.00388. The highest BCUT2D eigenvalue weighted by Crippen LogP contribution is 2.34. The Hall–Kier alpha value is -4.26. The molecule has 0 amide bonds. The zero-order valence-corrected chi connectivity index (χ0v) is 17.9. The number of methoxy groups -OCH3 is 3. The number of para-hydroxylation sites is 3. The number of phenols is 1. The smallest absolute Gasteiger partial charge is 0.266 e. The first kappa shape index (κ1) is 21.0. The van der Waals surface area contributed by atoms with Crippen molar-refractivity contribution in [3.05, 3.63) is 82.4 Å². The summed E-state index contributed by atoms with van der Waals surface area (Å²) in [5.41, 5.74) is 1.24. The highest BCUT2D eigenvalue weighted by atomic mass is 16.5. The number of phenolic OH excluding ortho intramolecular Hbond substituents is 1. The van der Waals surface area contributed by atoms with Crippen LogP contribution in [0.25, 0.3) is 28.7 Å². The number of fused-ring (bicyclic) bond motifs is 1. The van der Waals surface area contributed by atoms with Gasteiger partial charge in [0, 0.05) is 5.56 Å². The van der Waals surface area contributed by atoms with Crippen LogP contribution in [0.1, 0.15) is 11.4 Å². The van der Waals surface area contributed by atoms with E-state index in [9.17, 15) is 9.90 Å². The fraction of sp³-hybridized carbons (Fsp3) is 0.120. The first-order valence-electron chi connectivity index (χ1n) is 9.86. The molecule has 1 N–H and O–H groups in total. The molecule has 7 heteroatoms. The van der Waals surface area contributed by atoms with E-state index in [2.05, 4.69) is 0 Å². The van der Waals surface area contributed by atoms with Crippen molar-refractivity contribution in [2.45, 2.75) is 0 Å². The van der Waals surface area contributed by atoms with Crippen LogP contribution in [0.15, 0.2) is 65.5 Å². The quantitative estimate of drug-likeness (QED) is 0.491. The third kappa shape index (κ3) is 3.65. The number of hydrogen-bond acceptors (Lipinski definition) is 6. The Morgan fingerprint density at radius 2 is 1.44 bits per heavy atom. The van der Waals surface area contributed by atoms with Gasteiger partial charge in [-0.25, -0.2) is 4.98 Å². The lowest BCUT2D eigenvalue weighted by Crippen LogP contribution is -2.23. The molecule has 0 bridgehead atoms. The number of aromatic hydroxyl groups is 1. The molecule has 0 fully saturated rings. The van der Waals surface area contributed by atoms with Gasteiger partial charge in [0.15, 0.2) is 11.5 Å². The van der Waals surface area contributed by atoms with Gasteiger partial charge in [0.2, 0.25) is 0 Å². The van der Waals surface area contributed by atoms with Gasteiger partial charge >= 0.3 is 0 Å². The summed E-state index contributed by atoms with van der Waals surface area (Å²) in [5.74, 6) is 1.61. The molecular weight excluding hydrogens is 408 g/mol. The van der Waals surface area contributed by atoms with E-state index in [1.807, 2.05) is 6.07 Å². The maximum absolute atomic E-state index is 13.6. The van der Waals surface area contributed by atoms with Crippen LogP contribution in [-0.4, -0.2) is 36.0 Å². The molecule has 4 rings (SSSR count). The van der Waals surface area contributed by atoms with Crippen molar-refractivity contribution in [1.82, 2.24) is 9.55 Å². The molecule has 0 spiro atoms. The van der Waals surface area contributed by atoms with Gasteiger partial charge in [-0.3, -0.25) is 9.36 Å². The molecule has 1 heterocycles. The summed E-state index contributed by atoms with van der Waals surface area (Å²) in [4.78, 5) is 18.3. The summed E-state index contributed by atoms with van der Waals surface area (Å²) >= 11 is 0. The second kappa shape index (κ2) is 8.85. The normalized spacial score (nSPS) is 11.1. The van der Waals surface area contributed by atoms with Gasteiger partial charge in [-0.05, 0) is 42.5 Å². The Kier molecular flexibility index (Phi) is 5.81. The Bertz CT molecular complexity index is 1350. The van der Waals surface area contributed by atoms with Gasteiger partial charge in [-0.1, -0.05) is 30.3 Å². The average Bonchev–Trinajstić information content (AvgIpc) is 2.83. The molecule has 3 aromatic carbocycles. The van der Waals surface area contributed by atoms with Crippen LogP contribution in [0, 0.1) is 0 Å². The minimum atomic E-state index is -0.270. The molecule has 0 saturated carbocycles. The molecule has 0 aliphatic carbocycles. The Balaban J connectivity index is 2.01. The van der Waals surface area contributed by atoms with Crippen molar-refractivity contribution in [2.75, 3.05) is 21.3 Å². The summed E-state index contributed by atoms with van der Waals surface area (Å²) < 4.78 is 17.7. The lowest BCUT2D eigenvalue weighted by Gasteiger charge is -2.17. The molecule has 0 aliphatic heterocycles. The van der Waals surface area contributed by atoms with E-state index in [-0.39, 0.29) is 11.3 Å². The summed E-state index contributed by atoms with van der Waals surface area (Å²) in [7, 11) is 4.54. The van der Waals surface area contributed by atoms with Crippen molar-refractivity contribution >= 4 is 23.1 Å². The Labute approximate surface area is 184 Å². The standard InChI is InChI=1S/C25H22N2O5/c1-30-19-11-7-12-20(31-2)23(19)27-22(26-18-10-5-4-9-17(18)25(27)29)15-14-16-8-6-13-21(32-3)24(16)28/h4-15,28H,1-3H3/b15-14+. The zero-order chi connectivity index (χ0) is 22.7. The lowest BCUT2D eigenvalue weighted by molar-refractivity contribution is 0.373. The second-order valence-electron chi connectivity index (χ2n) is 6.87.